The van der Waals surface area contributed by atoms with Gasteiger partial charge in [-0.1, -0.05) is 23.4 Å². The molecule has 13 heteroatoms. The number of hydrogen-bond acceptors (Lipinski definition) is 10. The van der Waals surface area contributed by atoms with Gasteiger partial charge in [-0.25, -0.2) is 9.97 Å². The van der Waals surface area contributed by atoms with Gasteiger partial charge >= 0.3 is 0 Å². The highest BCUT2D eigenvalue weighted by Gasteiger charge is 2.47. The van der Waals surface area contributed by atoms with E-state index in [0.717, 1.165) is 67.7 Å². The van der Waals surface area contributed by atoms with Gasteiger partial charge in [-0.3, -0.25) is 9.98 Å². The number of halogens is 1. The van der Waals surface area contributed by atoms with Crippen LogP contribution < -0.4 is 27.0 Å². The first-order valence-electron chi connectivity index (χ1n) is 13.8. The zero-order chi connectivity index (χ0) is 27.7. The molecule has 4 aliphatic heterocycles. The Morgan fingerprint density at radius 3 is 2.77 bits per heavy atom. The first-order valence-corrected chi connectivity index (χ1v) is 15.0. The lowest BCUT2D eigenvalue weighted by atomic mass is 9.73. The molecule has 0 aliphatic carbocycles. The van der Waals surface area contributed by atoms with Crippen molar-refractivity contribution < 1.29 is 9.47 Å². The van der Waals surface area contributed by atoms with Crippen molar-refractivity contribution in [1.29, 1.82) is 0 Å². The first-order chi connectivity index (χ1) is 19.4. The predicted octanol–water partition coefficient (Wildman–Crippen LogP) is 2.36. The number of piperidine rings is 1. The quantitative estimate of drug-likeness (QED) is 0.396. The summed E-state index contributed by atoms with van der Waals surface area (Å²) in [6.07, 6.45) is 13.2. The van der Waals surface area contributed by atoms with Crippen LogP contribution >= 0.6 is 23.4 Å². The number of hydrogen-bond donors (Lipinski definition) is 4. The molecular weight excluding hydrogens is 550 g/mol. The van der Waals surface area contributed by atoms with Crippen LogP contribution in [0.4, 0.5) is 5.82 Å². The van der Waals surface area contributed by atoms with Crippen molar-refractivity contribution >= 4 is 35.1 Å². The molecule has 2 aromatic rings. The van der Waals surface area contributed by atoms with E-state index in [4.69, 9.17) is 37.5 Å². The summed E-state index contributed by atoms with van der Waals surface area (Å²) in [5, 5.41) is 7.52. The number of anilines is 1. The van der Waals surface area contributed by atoms with Gasteiger partial charge in [0.2, 0.25) is 0 Å². The van der Waals surface area contributed by atoms with Crippen molar-refractivity contribution in [2.45, 2.75) is 66.4 Å². The topological polar surface area (TPSA) is 149 Å². The molecule has 4 atom stereocenters. The van der Waals surface area contributed by atoms with Crippen LogP contribution in [-0.4, -0.2) is 72.0 Å². The minimum atomic E-state index is -1.12. The summed E-state index contributed by atoms with van der Waals surface area (Å²) in [6, 6.07) is 1.94. The van der Waals surface area contributed by atoms with Gasteiger partial charge in [0.05, 0.1) is 42.8 Å². The Balaban J connectivity index is 1.11. The summed E-state index contributed by atoms with van der Waals surface area (Å²) in [5.74, 6) is 1.42. The minimum Gasteiger partial charge on any atom is -0.376 e. The van der Waals surface area contributed by atoms with Gasteiger partial charge < -0.3 is 36.5 Å². The second-order valence-corrected chi connectivity index (χ2v) is 12.4. The highest BCUT2D eigenvalue weighted by Crippen LogP contribution is 2.42. The van der Waals surface area contributed by atoms with E-state index in [0.29, 0.717) is 23.2 Å². The number of aromatic nitrogens is 3. The average Bonchev–Trinajstić information content (AvgIpc) is 3.59. The maximum Gasteiger partial charge on any atom is 0.197 e. The third-order valence-electron chi connectivity index (χ3n) is 8.37. The van der Waals surface area contributed by atoms with Crippen molar-refractivity contribution in [3.05, 3.63) is 47.6 Å². The van der Waals surface area contributed by atoms with Gasteiger partial charge in [0.15, 0.2) is 11.6 Å². The SMILES string of the molecule is C[C@@H]1OCC2(CCN(c3cnc(Sc4ccnc(C5(N)C=CNC(=NC[C@@H]6CCCO6)N5)c4Cl)cn3)CC2)[C@@H]1N. The molecular formula is C27H36ClN9O2S. The molecule has 1 unspecified atom stereocenters. The summed E-state index contributed by atoms with van der Waals surface area (Å²) in [7, 11) is 0. The third-order valence-corrected chi connectivity index (χ3v) is 9.85. The van der Waals surface area contributed by atoms with E-state index in [1.165, 1.54) is 11.8 Å². The van der Waals surface area contributed by atoms with E-state index in [2.05, 4.69) is 37.4 Å². The van der Waals surface area contributed by atoms with E-state index in [-0.39, 0.29) is 23.7 Å². The number of nitrogens with two attached hydrogens (primary N) is 2. The van der Waals surface area contributed by atoms with E-state index in [1.54, 1.807) is 24.7 Å². The van der Waals surface area contributed by atoms with Crippen molar-refractivity contribution in [3.8, 4) is 0 Å². The van der Waals surface area contributed by atoms with Gasteiger partial charge in [-0.05, 0) is 44.7 Å². The summed E-state index contributed by atoms with van der Waals surface area (Å²) >= 11 is 8.27. The Bertz CT molecular complexity index is 1270. The third kappa shape index (κ3) is 5.53. The van der Waals surface area contributed by atoms with Crippen LogP contribution in [0.15, 0.2) is 51.8 Å². The molecule has 0 saturated carbocycles. The van der Waals surface area contributed by atoms with Crippen molar-refractivity contribution in [3.63, 3.8) is 0 Å². The number of guanidine groups is 1. The lowest BCUT2D eigenvalue weighted by Gasteiger charge is -2.41. The standard InChI is InChI=1S/C27H36ClN9O2S/c1-17-23(29)26(16-39-17)6-10-37(11-7-26)20-14-34-21(15-33-20)40-19-4-8-31-24(22(19)28)27(30)5-9-32-25(36-27)35-13-18-3-2-12-38-18/h4-5,8-9,14-15,17-18,23H,2-3,6-7,10-13,16,29-30H2,1H3,(H2,32,35,36)/t17-,18-,23+,27?/m0/s1. The molecule has 1 spiro atoms. The Morgan fingerprint density at radius 2 is 2.08 bits per heavy atom. The number of nitrogens with one attached hydrogen (secondary N) is 2. The lowest BCUT2D eigenvalue weighted by molar-refractivity contribution is 0.0974. The van der Waals surface area contributed by atoms with E-state index < -0.39 is 5.66 Å². The van der Waals surface area contributed by atoms with Crippen molar-refractivity contribution in [2.75, 3.05) is 37.7 Å². The monoisotopic (exact) mass is 585 g/mol. The van der Waals surface area contributed by atoms with Crippen LogP contribution in [0.2, 0.25) is 5.02 Å². The Kier molecular flexibility index (Phi) is 7.90. The number of ether oxygens (including phenoxy) is 2. The van der Waals surface area contributed by atoms with Gasteiger partial charge in [0.25, 0.3) is 0 Å². The van der Waals surface area contributed by atoms with Crippen molar-refractivity contribution in [1.82, 2.24) is 25.6 Å². The molecule has 6 heterocycles. The molecule has 2 aromatic heterocycles. The van der Waals surface area contributed by atoms with E-state index >= 15 is 0 Å². The van der Waals surface area contributed by atoms with Crippen LogP contribution in [0, 0.1) is 5.41 Å². The molecule has 6 rings (SSSR count). The smallest absolute Gasteiger partial charge is 0.197 e. The summed E-state index contributed by atoms with van der Waals surface area (Å²) in [4.78, 5) is 21.5. The normalized spacial score (nSPS) is 30.6. The summed E-state index contributed by atoms with van der Waals surface area (Å²) in [6.45, 7) is 5.93. The Morgan fingerprint density at radius 1 is 1.23 bits per heavy atom. The summed E-state index contributed by atoms with van der Waals surface area (Å²) < 4.78 is 11.5. The van der Waals surface area contributed by atoms with Crippen LogP contribution in [0.1, 0.15) is 38.3 Å². The fourth-order valence-corrected chi connectivity index (χ4v) is 6.95. The van der Waals surface area contributed by atoms with E-state index in [1.807, 2.05) is 12.3 Å². The minimum absolute atomic E-state index is 0.0741. The second kappa shape index (κ2) is 11.4. The zero-order valence-electron chi connectivity index (χ0n) is 22.6. The molecule has 3 fully saturated rings. The van der Waals surface area contributed by atoms with Gasteiger partial charge in [-0.2, -0.15) is 0 Å². The molecule has 3 saturated heterocycles. The second-order valence-electron chi connectivity index (χ2n) is 11.0. The van der Waals surface area contributed by atoms with Crippen molar-refractivity contribution in [2.24, 2.45) is 21.9 Å². The molecule has 0 bridgehead atoms. The summed E-state index contributed by atoms with van der Waals surface area (Å²) in [5.41, 5.74) is 12.6. The van der Waals surface area contributed by atoms with Gasteiger partial charge in [0, 0.05) is 48.4 Å². The number of pyridine rings is 1. The predicted molar refractivity (Wildman–Crippen MR) is 155 cm³/mol. The van der Waals surface area contributed by atoms with Crippen LogP contribution in [0.5, 0.6) is 0 Å². The molecule has 214 valence electrons. The average molecular weight is 586 g/mol. The zero-order valence-corrected chi connectivity index (χ0v) is 24.1. The fourth-order valence-electron chi connectivity index (χ4n) is 5.82. The largest absolute Gasteiger partial charge is 0.376 e. The highest BCUT2D eigenvalue weighted by atomic mass is 35.5. The van der Waals surface area contributed by atoms with Gasteiger partial charge in [-0.15, -0.1) is 0 Å². The molecule has 0 aromatic carbocycles. The number of rotatable bonds is 6. The van der Waals surface area contributed by atoms with Crippen LogP contribution in [0.3, 0.4) is 0 Å². The van der Waals surface area contributed by atoms with Gasteiger partial charge in [0.1, 0.15) is 16.5 Å². The maximum atomic E-state index is 6.85. The molecule has 0 amide bonds. The molecule has 0 radical (unpaired) electrons. The molecule has 4 aliphatic rings. The number of nitrogens with zero attached hydrogens (tertiary/aromatic N) is 5. The Labute approximate surface area is 243 Å². The van der Waals surface area contributed by atoms with Crippen LogP contribution in [-0.2, 0) is 15.1 Å². The van der Waals surface area contributed by atoms with E-state index in [9.17, 15) is 0 Å². The maximum absolute atomic E-state index is 6.85. The van der Waals surface area contributed by atoms with Crippen LogP contribution in [0.25, 0.3) is 0 Å². The highest BCUT2D eigenvalue weighted by molar-refractivity contribution is 7.99. The molecule has 40 heavy (non-hydrogen) atoms. The Hall–Kier alpha value is -2.48. The first kappa shape index (κ1) is 27.7. The molecule has 11 nitrogen and oxygen atoms in total. The molecule has 6 N–H and O–H groups in total. The number of aliphatic imine (C=N–C) groups is 1. The fraction of sp³-hybridized carbons (Fsp3) is 0.556. The lowest BCUT2D eigenvalue weighted by Crippen LogP contribution is -2.58.